The summed E-state index contributed by atoms with van der Waals surface area (Å²) in [6, 6.07) is 29.8. The zero-order valence-electron chi connectivity index (χ0n) is 26.7. The number of amidine groups is 1. The number of nitrogens with one attached hydrogen (secondary N) is 1. The predicted octanol–water partition coefficient (Wildman–Crippen LogP) is 9.40. The maximum Gasteiger partial charge on any atom is 0.267 e. The van der Waals surface area contributed by atoms with Crippen LogP contribution in [0.5, 0.6) is 0 Å². The van der Waals surface area contributed by atoms with Crippen LogP contribution in [-0.4, -0.2) is 26.4 Å². The molecule has 6 nitrogen and oxygen atoms in total. The Labute approximate surface area is 283 Å². The summed E-state index contributed by atoms with van der Waals surface area (Å²) in [4.78, 5) is 36.5. The van der Waals surface area contributed by atoms with E-state index in [2.05, 4.69) is 29.8 Å². The molecule has 2 aliphatic rings. The average Bonchev–Trinajstić information content (AvgIpc) is 3.69. The molecule has 47 heavy (non-hydrogen) atoms. The molecule has 8 heteroatoms. The second-order valence-corrected chi connectivity index (χ2v) is 14.2. The maximum absolute atomic E-state index is 14.0. The molecule has 236 valence electrons. The fourth-order valence-electron chi connectivity index (χ4n) is 6.27. The van der Waals surface area contributed by atoms with Gasteiger partial charge >= 0.3 is 0 Å². The van der Waals surface area contributed by atoms with Gasteiger partial charge in [-0.15, -0.1) is 11.3 Å². The monoisotopic (exact) mass is 656 g/mol. The Bertz CT molecular complexity index is 2020. The number of aromatic nitrogens is 1. The summed E-state index contributed by atoms with van der Waals surface area (Å²) in [5.74, 6) is -0.140. The number of anilines is 1. The van der Waals surface area contributed by atoms with Gasteiger partial charge in [-0.2, -0.15) is 0 Å². The molecule has 7 rings (SSSR count). The van der Waals surface area contributed by atoms with Gasteiger partial charge < -0.3 is 9.88 Å². The molecule has 0 atom stereocenters. The minimum atomic E-state index is -0.0736. The summed E-state index contributed by atoms with van der Waals surface area (Å²) in [5, 5.41) is 4.77. The molecule has 0 radical (unpaired) electrons. The summed E-state index contributed by atoms with van der Waals surface area (Å²) in [5.41, 5.74) is 8.70. The Morgan fingerprint density at radius 1 is 0.915 bits per heavy atom. The number of carbonyl (C=O) groups excluding carboxylic acids is 2. The van der Waals surface area contributed by atoms with Gasteiger partial charge in [-0.05, 0) is 111 Å². The normalized spacial score (nSPS) is 16.2. The number of amides is 2. The Morgan fingerprint density at radius 2 is 1.62 bits per heavy atom. The standard InChI is InChI=1S/C39H36N4O2S2/c1-25-18-20-31(21-19-25)40-36(44)35-32-16-10-11-17-33(32)46-38(35)43-26(2)22-29(27(43)3)23-34-37(45)42(24-28-12-6-4-7-13-28)39(47-34)41-30-14-8-5-9-15-30/h4-9,12-15,18-23H,10-11,16-17,24H2,1-3H3,(H,40,44)/b34-23-,41-39?. The van der Waals surface area contributed by atoms with Gasteiger partial charge in [0.1, 0.15) is 5.00 Å². The summed E-state index contributed by atoms with van der Waals surface area (Å²) in [7, 11) is 0. The first-order valence-corrected chi connectivity index (χ1v) is 17.6. The number of thiophene rings is 1. The number of hydrogen-bond acceptors (Lipinski definition) is 5. The third-order valence-corrected chi connectivity index (χ3v) is 11.0. The molecule has 0 saturated carbocycles. The third kappa shape index (κ3) is 6.35. The topological polar surface area (TPSA) is 66.7 Å². The van der Waals surface area contributed by atoms with Crippen LogP contribution < -0.4 is 5.32 Å². The second kappa shape index (κ2) is 13.2. The summed E-state index contributed by atoms with van der Waals surface area (Å²) < 4.78 is 2.20. The lowest BCUT2D eigenvalue weighted by Crippen LogP contribution is -2.28. The summed E-state index contributed by atoms with van der Waals surface area (Å²) in [6.45, 7) is 6.63. The number of carbonyl (C=O) groups is 2. The fourth-order valence-corrected chi connectivity index (χ4v) is 8.76. The molecular weight excluding hydrogens is 621 g/mol. The lowest BCUT2D eigenvalue weighted by molar-refractivity contribution is -0.122. The van der Waals surface area contributed by atoms with E-state index < -0.39 is 0 Å². The van der Waals surface area contributed by atoms with Crippen LogP contribution in [0.2, 0.25) is 0 Å². The van der Waals surface area contributed by atoms with Gasteiger partial charge in [0.2, 0.25) is 0 Å². The van der Waals surface area contributed by atoms with Crippen molar-refractivity contribution in [2.24, 2.45) is 4.99 Å². The molecule has 1 fully saturated rings. The van der Waals surface area contributed by atoms with Gasteiger partial charge in [-0.25, -0.2) is 4.99 Å². The second-order valence-electron chi connectivity index (χ2n) is 12.1. The van der Waals surface area contributed by atoms with E-state index in [0.29, 0.717) is 16.6 Å². The number of rotatable bonds is 7. The number of benzene rings is 3. The molecule has 3 aromatic carbocycles. The van der Waals surface area contributed by atoms with E-state index >= 15 is 0 Å². The fraction of sp³-hybridized carbons (Fsp3) is 0.205. The van der Waals surface area contributed by atoms with Gasteiger partial charge in [0, 0.05) is 22.0 Å². The van der Waals surface area contributed by atoms with Gasteiger partial charge in [0.05, 0.1) is 22.7 Å². The van der Waals surface area contributed by atoms with Crippen molar-refractivity contribution in [1.82, 2.24) is 9.47 Å². The lowest BCUT2D eigenvalue weighted by Gasteiger charge is -2.15. The van der Waals surface area contributed by atoms with E-state index in [1.807, 2.05) is 97.9 Å². The van der Waals surface area contributed by atoms with Crippen molar-refractivity contribution in [3.05, 3.63) is 140 Å². The Morgan fingerprint density at radius 3 is 2.36 bits per heavy atom. The Kier molecular flexibility index (Phi) is 8.71. The quantitative estimate of drug-likeness (QED) is 0.178. The highest BCUT2D eigenvalue weighted by molar-refractivity contribution is 8.18. The first kappa shape index (κ1) is 31.0. The highest BCUT2D eigenvalue weighted by atomic mass is 32.2. The van der Waals surface area contributed by atoms with Crippen molar-refractivity contribution in [2.75, 3.05) is 5.32 Å². The molecule has 1 N–H and O–H groups in total. The first-order chi connectivity index (χ1) is 22.9. The zero-order chi connectivity index (χ0) is 32.5. The number of para-hydroxylation sites is 1. The predicted molar refractivity (Wildman–Crippen MR) is 195 cm³/mol. The number of nitrogens with zero attached hydrogens (tertiary/aromatic N) is 3. The largest absolute Gasteiger partial charge is 0.322 e. The molecule has 0 spiro atoms. The maximum atomic E-state index is 14.0. The van der Waals surface area contributed by atoms with Crippen molar-refractivity contribution in [3.8, 4) is 5.00 Å². The molecule has 2 aromatic heterocycles. The molecule has 1 saturated heterocycles. The van der Waals surface area contributed by atoms with Crippen LogP contribution in [0.3, 0.4) is 0 Å². The summed E-state index contributed by atoms with van der Waals surface area (Å²) in [6.07, 6.45) is 6.11. The van der Waals surface area contributed by atoms with Gasteiger partial charge in [-0.3, -0.25) is 14.5 Å². The smallest absolute Gasteiger partial charge is 0.267 e. The van der Waals surface area contributed by atoms with Crippen LogP contribution in [0, 0.1) is 20.8 Å². The Balaban J connectivity index is 1.26. The van der Waals surface area contributed by atoms with E-state index in [0.717, 1.165) is 75.7 Å². The van der Waals surface area contributed by atoms with Crippen LogP contribution in [-0.2, 0) is 24.2 Å². The van der Waals surface area contributed by atoms with Gasteiger partial charge in [0.15, 0.2) is 5.17 Å². The van der Waals surface area contributed by atoms with Crippen molar-refractivity contribution in [2.45, 2.75) is 53.0 Å². The molecular formula is C39H36N4O2S2. The lowest BCUT2D eigenvalue weighted by atomic mass is 9.95. The molecule has 1 aliphatic carbocycles. The van der Waals surface area contributed by atoms with Crippen LogP contribution in [0.25, 0.3) is 11.1 Å². The Hall–Kier alpha value is -4.66. The number of hydrogen-bond donors (Lipinski definition) is 1. The van der Waals surface area contributed by atoms with Gasteiger partial charge in [0.25, 0.3) is 11.8 Å². The molecule has 0 bridgehead atoms. The van der Waals surface area contributed by atoms with E-state index in [1.165, 1.54) is 22.2 Å². The van der Waals surface area contributed by atoms with Crippen molar-refractivity contribution < 1.29 is 9.59 Å². The minimum absolute atomic E-state index is 0.0666. The first-order valence-electron chi connectivity index (χ1n) is 16.0. The highest BCUT2D eigenvalue weighted by Gasteiger charge is 2.34. The van der Waals surface area contributed by atoms with E-state index in [-0.39, 0.29) is 11.8 Å². The molecule has 1 aliphatic heterocycles. The van der Waals surface area contributed by atoms with E-state index in [1.54, 1.807) is 16.2 Å². The highest BCUT2D eigenvalue weighted by Crippen LogP contribution is 2.41. The van der Waals surface area contributed by atoms with Crippen LogP contribution in [0.1, 0.15) is 61.7 Å². The molecule has 0 unspecified atom stereocenters. The van der Waals surface area contributed by atoms with Crippen LogP contribution >= 0.6 is 23.1 Å². The number of aryl methyl sites for hydroxylation is 3. The van der Waals surface area contributed by atoms with Crippen molar-refractivity contribution in [1.29, 1.82) is 0 Å². The SMILES string of the molecule is Cc1ccc(NC(=O)c2c(-n3c(C)cc(/C=C4\SC(=Nc5ccccc5)N(Cc5ccccc5)C4=O)c3C)sc3c2CCCC3)cc1. The van der Waals surface area contributed by atoms with E-state index in [4.69, 9.17) is 4.99 Å². The van der Waals surface area contributed by atoms with Crippen molar-refractivity contribution in [3.63, 3.8) is 0 Å². The molecule has 2 amide bonds. The van der Waals surface area contributed by atoms with E-state index in [9.17, 15) is 9.59 Å². The summed E-state index contributed by atoms with van der Waals surface area (Å²) >= 11 is 3.13. The van der Waals surface area contributed by atoms with Crippen molar-refractivity contribution >= 4 is 57.5 Å². The minimum Gasteiger partial charge on any atom is -0.322 e. The third-order valence-electron chi connectivity index (χ3n) is 8.70. The zero-order valence-corrected chi connectivity index (χ0v) is 28.4. The van der Waals surface area contributed by atoms with Gasteiger partial charge in [-0.1, -0.05) is 66.2 Å². The average molecular weight is 657 g/mol. The van der Waals surface area contributed by atoms with Crippen LogP contribution in [0.4, 0.5) is 11.4 Å². The number of fused-ring (bicyclic) bond motifs is 1. The molecule has 5 aromatic rings. The molecule has 3 heterocycles. The number of aliphatic imine (C=N–C) groups is 1. The van der Waals surface area contributed by atoms with Crippen LogP contribution in [0.15, 0.2) is 101 Å². The number of thioether (sulfide) groups is 1.